The standard InChI is InChI=1S/C18H34N4O2/c1-15-5-11-21(12-6-15)10-4-9-19-18(24)22-13-7-16(8-14-22)17(23)20(2)3/h15-16H,4-14H2,1-3H3,(H,19,24). The van der Waals surface area contributed by atoms with Crippen molar-refractivity contribution in [2.45, 2.75) is 39.0 Å². The third-order valence-electron chi connectivity index (χ3n) is 5.38. The van der Waals surface area contributed by atoms with Crippen LogP contribution in [0.15, 0.2) is 0 Å². The molecule has 6 heteroatoms. The van der Waals surface area contributed by atoms with Crippen LogP contribution in [-0.4, -0.2) is 80.0 Å². The smallest absolute Gasteiger partial charge is 0.317 e. The second-order valence-corrected chi connectivity index (χ2v) is 7.60. The first kappa shape index (κ1) is 19.0. The van der Waals surface area contributed by atoms with Crippen LogP contribution in [0.5, 0.6) is 0 Å². The predicted octanol–water partition coefficient (Wildman–Crippen LogP) is 1.62. The third-order valence-corrected chi connectivity index (χ3v) is 5.38. The fraction of sp³-hybridized carbons (Fsp3) is 0.889. The first-order valence-corrected chi connectivity index (χ1v) is 9.43. The Kier molecular flexibility index (Phi) is 7.34. The summed E-state index contributed by atoms with van der Waals surface area (Å²) in [6.45, 7) is 7.89. The molecule has 1 N–H and O–H groups in total. The van der Waals surface area contributed by atoms with Crippen molar-refractivity contribution in [2.24, 2.45) is 11.8 Å². The maximum absolute atomic E-state index is 12.2. The Morgan fingerprint density at radius 2 is 1.67 bits per heavy atom. The lowest BCUT2D eigenvalue weighted by atomic mass is 9.96. The number of nitrogens with one attached hydrogen (secondary N) is 1. The number of carbonyl (C=O) groups excluding carboxylic acids is 2. The van der Waals surface area contributed by atoms with Gasteiger partial charge in [0.15, 0.2) is 0 Å². The van der Waals surface area contributed by atoms with Gasteiger partial charge in [-0.3, -0.25) is 4.79 Å². The minimum atomic E-state index is 0.0259. The summed E-state index contributed by atoms with van der Waals surface area (Å²) in [7, 11) is 3.59. The summed E-state index contributed by atoms with van der Waals surface area (Å²) in [6.07, 6.45) is 5.16. The number of urea groups is 1. The summed E-state index contributed by atoms with van der Waals surface area (Å²) in [5, 5.41) is 3.03. The normalized spacial score (nSPS) is 20.9. The molecule has 0 aromatic carbocycles. The van der Waals surface area contributed by atoms with E-state index in [0.29, 0.717) is 13.1 Å². The number of rotatable bonds is 5. The lowest BCUT2D eigenvalue weighted by molar-refractivity contribution is -0.134. The van der Waals surface area contributed by atoms with Crippen molar-refractivity contribution in [3.8, 4) is 0 Å². The molecule has 2 aliphatic rings. The molecule has 24 heavy (non-hydrogen) atoms. The van der Waals surface area contributed by atoms with Crippen LogP contribution in [0.4, 0.5) is 4.79 Å². The van der Waals surface area contributed by atoms with E-state index >= 15 is 0 Å². The molecule has 138 valence electrons. The van der Waals surface area contributed by atoms with Gasteiger partial charge in [-0.1, -0.05) is 6.92 Å². The number of nitrogens with zero attached hydrogens (tertiary/aromatic N) is 3. The molecule has 0 radical (unpaired) electrons. The molecule has 3 amide bonds. The van der Waals surface area contributed by atoms with Crippen LogP contribution in [0.25, 0.3) is 0 Å². The van der Waals surface area contributed by atoms with Gasteiger partial charge in [0.1, 0.15) is 0 Å². The maximum Gasteiger partial charge on any atom is 0.317 e. The molecular formula is C18H34N4O2. The largest absolute Gasteiger partial charge is 0.349 e. The van der Waals surface area contributed by atoms with Gasteiger partial charge in [-0.05, 0) is 57.7 Å². The van der Waals surface area contributed by atoms with Crippen LogP contribution >= 0.6 is 0 Å². The van der Waals surface area contributed by atoms with Crippen LogP contribution in [-0.2, 0) is 4.79 Å². The molecule has 0 atom stereocenters. The summed E-state index contributed by atoms with van der Waals surface area (Å²) >= 11 is 0. The van der Waals surface area contributed by atoms with E-state index in [1.54, 1.807) is 19.0 Å². The zero-order valence-corrected chi connectivity index (χ0v) is 15.6. The Hall–Kier alpha value is -1.30. The molecule has 6 nitrogen and oxygen atoms in total. The quantitative estimate of drug-likeness (QED) is 0.775. The molecule has 2 heterocycles. The van der Waals surface area contributed by atoms with Crippen molar-refractivity contribution < 1.29 is 9.59 Å². The second kappa shape index (κ2) is 9.25. The van der Waals surface area contributed by atoms with Gasteiger partial charge in [0.05, 0.1) is 0 Å². The zero-order valence-electron chi connectivity index (χ0n) is 15.6. The van der Waals surface area contributed by atoms with Gasteiger partial charge >= 0.3 is 6.03 Å². The van der Waals surface area contributed by atoms with Crippen LogP contribution in [0.1, 0.15) is 39.0 Å². The molecule has 2 fully saturated rings. The maximum atomic E-state index is 12.2. The van der Waals surface area contributed by atoms with Crippen LogP contribution in [0.2, 0.25) is 0 Å². The van der Waals surface area contributed by atoms with Crippen molar-refractivity contribution in [1.29, 1.82) is 0 Å². The topological polar surface area (TPSA) is 55.9 Å². The van der Waals surface area contributed by atoms with Gasteiger partial charge in [-0.25, -0.2) is 4.79 Å². The lowest BCUT2D eigenvalue weighted by Crippen LogP contribution is -2.47. The second-order valence-electron chi connectivity index (χ2n) is 7.60. The highest BCUT2D eigenvalue weighted by Gasteiger charge is 2.28. The van der Waals surface area contributed by atoms with E-state index in [0.717, 1.165) is 38.3 Å². The monoisotopic (exact) mass is 338 g/mol. The Bertz CT molecular complexity index is 411. The van der Waals surface area contributed by atoms with Crippen molar-refractivity contribution >= 4 is 11.9 Å². The van der Waals surface area contributed by atoms with Crippen molar-refractivity contribution in [1.82, 2.24) is 20.0 Å². The number of amides is 3. The first-order chi connectivity index (χ1) is 11.5. The number of carbonyl (C=O) groups is 2. The van der Waals surface area contributed by atoms with Crippen molar-refractivity contribution in [3.05, 3.63) is 0 Å². The first-order valence-electron chi connectivity index (χ1n) is 9.43. The molecular weight excluding hydrogens is 304 g/mol. The van der Waals surface area contributed by atoms with Gasteiger partial charge < -0.3 is 20.0 Å². The molecule has 0 saturated carbocycles. The van der Waals surface area contributed by atoms with Gasteiger partial charge in [-0.2, -0.15) is 0 Å². The summed E-state index contributed by atoms with van der Waals surface area (Å²) in [5.74, 6) is 1.12. The van der Waals surface area contributed by atoms with Crippen molar-refractivity contribution in [3.63, 3.8) is 0 Å². The summed E-state index contributed by atoms with van der Waals surface area (Å²) < 4.78 is 0. The Balaban J connectivity index is 1.58. The molecule has 0 unspecified atom stereocenters. The van der Waals surface area contributed by atoms with Crippen LogP contribution in [0.3, 0.4) is 0 Å². The number of likely N-dealkylation sites (tertiary alicyclic amines) is 2. The van der Waals surface area contributed by atoms with E-state index < -0.39 is 0 Å². The average Bonchev–Trinajstić information content (AvgIpc) is 2.59. The molecule has 0 aliphatic carbocycles. The van der Waals surface area contributed by atoms with Gasteiger partial charge in [0.25, 0.3) is 0 Å². The molecule has 0 aromatic heterocycles. The average molecular weight is 338 g/mol. The molecule has 2 saturated heterocycles. The van der Waals surface area contributed by atoms with Gasteiger partial charge in [0.2, 0.25) is 5.91 Å². The van der Waals surface area contributed by atoms with Gasteiger partial charge in [-0.15, -0.1) is 0 Å². The van der Waals surface area contributed by atoms with E-state index in [2.05, 4.69) is 17.1 Å². The number of hydrogen-bond donors (Lipinski definition) is 1. The minimum absolute atomic E-state index is 0.0259. The third kappa shape index (κ3) is 5.65. The van der Waals surface area contributed by atoms with Crippen LogP contribution < -0.4 is 5.32 Å². The minimum Gasteiger partial charge on any atom is -0.349 e. The Labute approximate surface area is 146 Å². The van der Waals surface area contributed by atoms with E-state index in [-0.39, 0.29) is 17.9 Å². The van der Waals surface area contributed by atoms with Gasteiger partial charge in [0, 0.05) is 39.6 Å². The van der Waals surface area contributed by atoms with E-state index in [4.69, 9.17) is 0 Å². The lowest BCUT2D eigenvalue weighted by Gasteiger charge is -2.32. The van der Waals surface area contributed by atoms with E-state index in [1.165, 1.54) is 25.9 Å². The highest BCUT2D eigenvalue weighted by atomic mass is 16.2. The SMILES string of the molecule is CC1CCN(CCCNC(=O)N2CCC(C(=O)N(C)C)CC2)CC1. The van der Waals surface area contributed by atoms with Crippen LogP contribution in [0, 0.1) is 11.8 Å². The fourth-order valence-corrected chi connectivity index (χ4v) is 3.59. The highest BCUT2D eigenvalue weighted by Crippen LogP contribution is 2.19. The Morgan fingerprint density at radius 1 is 1.04 bits per heavy atom. The summed E-state index contributed by atoms with van der Waals surface area (Å²) in [6, 6.07) is 0.0259. The number of hydrogen-bond acceptors (Lipinski definition) is 3. The predicted molar refractivity (Wildman–Crippen MR) is 95.8 cm³/mol. The highest BCUT2D eigenvalue weighted by molar-refractivity contribution is 5.79. The van der Waals surface area contributed by atoms with E-state index in [1.807, 2.05) is 4.90 Å². The summed E-state index contributed by atoms with van der Waals surface area (Å²) in [5.41, 5.74) is 0. The molecule has 2 aliphatic heterocycles. The van der Waals surface area contributed by atoms with E-state index in [9.17, 15) is 9.59 Å². The molecule has 0 aromatic rings. The molecule has 0 spiro atoms. The number of piperidine rings is 2. The van der Waals surface area contributed by atoms with Crippen molar-refractivity contribution in [2.75, 3.05) is 53.4 Å². The molecule has 2 rings (SSSR count). The molecule has 0 bridgehead atoms. The zero-order chi connectivity index (χ0) is 17.5. The fourth-order valence-electron chi connectivity index (χ4n) is 3.59. The summed E-state index contributed by atoms with van der Waals surface area (Å²) in [4.78, 5) is 30.2. The Morgan fingerprint density at radius 3 is 2.25 bits per heavy atom.